The van der Waals surface area contributed by atoms with E-state index in [1.807, 2.05) is 12.1 Å². The first-order chi connectivity index (χ1) is 12.4. The van der Waals surface area contributed by atoms with Gasteiger partial charge in [0.2, 0.25) is 0 Å². The number of benzene rings is 2. The van der Waals surface area contributed by atoms with Crippen LogP contribution in [-0.2, 0) is 16.0 Å². The predicted octanol–water partition coefficient (Wildman–Crippen LogP) is 4.68. The summed E-state index contributed by atoms with van der Waals surface area (Å²) in [6, 6.07) is 14.0. The monoisotopic (exact) mass is 387 g/mol. The molecule has 0 bridgehead atoms. The highest BCUT2D eigenvalue weighted by molar-refractivity contribution is 7.15. The number of halogens is 1. The first kappa shape index (κ1) is 18.1. The summed E-state index contributed by atoms with van der Waals surface area (Å²) in [5, 5.41) is 10.5. The van der Waals surface area contributed by atoms with Crippen molar-refractivity contribution in [3.63, 3.8) is 0 Å². The van der Waals surface area contributed by atoms with Crippen molar-refractivity contribution in [1.82, 2.24) is 4.98 Å². The van der Waals surface area contributed by atoms with Crippen LogP contribution in [0, 0.1) is 0 Å². The molecule has 0 atom stereocenters. The molecule has 26 heavy (non-hydrogen) atoms. The third-order valence-electron chi connectivity index (χ3n) is 3.49. The van der Waals surface area contributed by atoms with E-state index in [0.717, 1.165) is 11.1 Å². The van der Waals surface area contributed by atoms with E-state index in [9.17, 15) is 14.7 Å². The molecule has 0 aliphatic heterocycles. The fourth-order valence-electron chi connectivity index (χ4n) is 2.40. The van der Waals surface area contributed by atoms with Gasteiger partial charge in [-0.15, -0.1) is 11.3 Å². The first-order valence-electron chi connectivity index (χ1n) is 7.68. The first-order valence-corrected chi connectivity index (χ1v) is 8.88. The second-order valence-electron chi connectivity index (χ2n) is 5.49. The van der Waals surface area contributed by atoms with Crippen LogP contribution in [0.3, 0.4) is 0 Å². The van der Waals surface area contributed by atoms with Crippen LogP contribution in [0.4, 0.5) is 0 Å². The number of rotatable bonds is 5. The molecule has 0 radical (unpaired) electrons. The molecule has 0 aliphatic rings. The molecule has 132 valence electrons. The van der Waals surface area contributed by atoms with Crippen LogP contribution in [0.2, 0.25) is 5.02 Å². The molecule has 7 heteroatoms. The lowest BCUT2D eigenvalue weighted by atomic mass is 10.1. The van der Waals surface area contributed by atoms with Crippen LogP contribution in [0.5, 0.6) is 5.75 Å². The molecule has 0 saturated heterocycles. The number of carbonyl (C=O) groups is 2. The van der Waals surface area contributed by atoms with Gasteiger partial charge in [-0.2, -0.15) is 0 Å². The number of hydrogen-bond donors (Lipinski definition) is 1. The number of thiazole rings is 1. The highest BCUT2D eigenvalue weighted by Gasteiger charge is 2.17. The van der Waals surface area contributed by atoms with Crippen LogP contribution in [0.15, 0.2) is 48.5 Å². The average Bonchev–Trinajstić information content (AvgIpc) is 2.99. The van der Waals surface area contributed by atoms with Crippen LogP contribution in [-0.4, -0.2) is 22.0 Å². The van der Waals surface area contributed by atoms with Gasteiger partial charge in [0, 0.05) is 28.0 Å². The highest BCUT2D eigenvalue weighted by Crippen LogP contribution is 2.35. The van der Waals surface area contributed by atoms with Gasteiger partial charge in [-0.05, 0) is 36.4 Å². The number of aliphatic carboxylic acids is 1. The normalized spacial score (nSPS) is 10.5. The van der Waals surface area contributed by atoms with E-state index >= 15 is 0 Å². The smallest absolute Gasteiger partial charge is 0.308 e. The van der Waals surface area contributed by atoms with E-state index in [0.29, 0.717) is 26.4 Å². The van der Waals surface area contributed by atoms with Gasteiger partial charge in [-0.25, -0.2) is 4.98 Å². The van der Waals surface area contributed by atoms with E-state index in [4.69, 9.17) is 16.3 Å². The van der Waals surface area contributed by atoms with Gasteiger partial charge >= 0.3 is 11.9 Å². The molecular weight excluding hydrogens is 374 g/mol. The van der Waals surface area contributed by atoms with Crippen molar-refractivity contribution in [1.29, 1.82) is 0 Å². The van der Waals surface area contributed by atoms with Crippen molar-refractivity contribution in [2.24, 2.45) is 0 Å². The molecule has 0 saturated carbocycles. The van der Waals surface area contributed by atoms with Crippen molar-refractivity contribution in [2.75, 3.05) is 0 Å². The number of aromatic nitrogens is 1. The molecule has 0 fully saturated rings. The quantitative estimate of drug-likeness (QED) is 0.508. The molecule has 3 rings (SSSR count). The van der Waals surface area contributed by atoms with Crippen molar-refractivity contribution in [3.8, 4) is 27.6 Å². The molecule has 0 spiro atoms. The van der Waals surface area contributed by atoms with Crippen molar-refractivity contribution < 1.29 is 19.4 Å². The number of ether oxygens (including phenoxy) is 1. The molecule has 2 aromatic carbocycles. The maximum absolute atomic E-state index is 11.2. The van der Waals surface area contributed by atoms with Gasteiger partial charge in [0.15, 0.2) is 0 Å². The molecule has 5 nitrogen and oxygen atoms in total. The predicted molar refractivity (Wildman–Crippen MR) is 101 cm³/mol. The van der Waals surface area contributed by atoms with E-state index in [1.165, 1.54) is 18.3 Å². The molecule has 3 aromatic rings. The fourth-order valence-corrected chi connectivity index (χ4v) is 3.60. The lowest BCUT2D eigenvalue weighted by molar-refractivity contribution is -0.136. The highest BCUT2D eigenvalue weighted by atomic mass is 35.5. The third kappa shape index (κ3) is 4.28. The Balaban J connectivity index is 1.99. The maximum Gasteiger partial charge on any atom is 0.308 e. The minimum atomic E-state index is -0.916. The molecular formula is C19H14ClNO4S. The Bertz CT molecular complexity index is 949. The molecule has 1 aromatic heterocycles. The average molecular weight is 388 g/mol. The summed E-state index contributed by atoms with van der Waals surface area (Å²) in [6.07, 6.45) is -0.110. The SMILES string of the molecule is CC(=O)Oc1ccc(-c2nc(-c3ccc(Cl)cc3)c(CC(=O)O)s2)cc1. The van der Waals surface area contributed by atoms with Crippen LogP contribution in [0.25, 0.3) is 21.8 Å². The number of carboxylic acid groups (broad SMARTS) is 1. The number of hydrogen-bond acceptors (Lipinski definition) is 5. The summed E-state index contributed by atoms with van der Waals surface area (Å²) < 4.78 is 5.02. The van der Waals surface area contributed by atoms with Gasteiger partial charge in [-0.3, -0.25) is 9.59 Å². The van der Waals surface area contributed by atoms with Gasteiger partial charge in [0.1, 0.15) is 10.8 Å². The van der Waals surface area contributed by atoms with Gasteiger partial charge in [0.25, 0.3) is 0 Å². The van der Waals surface area contributed by atoms with E-state index in [1.54, 1.807) is 36.4 Å². The van der Waals surface area contributed by atoms with E-state index in [-0.39, 0.29) is 12.4 Å². The zero-order valence-electron chi connectivity index (χ0n) is 13.7. The standard InChI is InChI=1S/C19H14ClNO4S/c1-11(22)25-15-8-4-13(5-9-15)19-21-18(16(26-19)10-17(23)24)12-2-6-14(20)7-3-12/h2-9H,10H2,1H3,(H,23,24). The minimum Gasteiger partial charge on any atom is -0.481 e. The Kier molecular flexibility index (Phi) is 5.35. The Labute approximate surface area is 158 Å². The summed E-state index contributed by atoms with van der Waals surface area (Å²) in [5.41, 5.74) is 2.26. The topological polar surface area (TPSA) is 76.5 Å². The summed E-state index contributed by atoms with van der Waals surface area (Å²) in [4.78, 5) is 27.5. The zero-order chi connectivity index (χ0) is 18.7. The van der Waals surface area contributed by atoms with E-state index in [2.05, 4.69) is 4.98 Å². The van der Waals surface area contributed by atoms with Crippen molar-refractivity contribution in [3.05, 3.63) is 58.4 Å². The largest absolute Gasteiger partial charge is 0.481 e. The van der Waals surface area contributed by atoms with Gasteiger partial charge < -0.3 is 9.84 Å². The number of esters is 1. The minimum absolute atomic E-state index is 0.110. The maximum atomic E-state index is 11.2. The van der Waals surface area contributed by atoms with Gasteiger partial charge in [-0.1, -0.05) is 23.7 Å². The lowest BCUT2D eigenvalue weighted by Gasteiger charge is -2.02. The fraction of sp³-hybridized carbons (Fsp3) is 0.105. The molecule has 0 aliphatic carbocycles. The van der Waals surface area contributed by atoms with Gasteiger partial charge in [0.05, 0.1) is 12.1 Å². The second-order valence-corrected chi connectivity index (χ2v) is 7.01. The summed E-state index contributed by atoms with van der Waals surface area (Å²) >= 11 is 7.25. The van der Waals surface area contributed by atoms with Crippen LogP contribution in [0.1, 0.15) is 11.8 Å². The third-order valence-corrected chi connectivity index (χ3v) is 4.85. The Morgan fingerprint density at radius 3 is 2.27 bits per heavy atom. The van der Waals surface area contributed by atoms with Crippen LogP contribution >= 0.6 is 22.9 Å². The Hall–Kier alpha value is -2.70. The van der Waals surface area contributed by atoms with Crippen molar-refractivity contribution in [2.45, 2.75) is 13.3 Å². The molecule has 0 amide bonds. The summed E-state index contributed by atoms with van der Waals surface area (Å²) in [5.74, 6) is -0.858. The Morgan fingerprint density at radius 1 is 1.08 bits per heavy atom. The Morgan fingerprint density at radius 2 is 1.69 bits per heavy atom. The number of nitrogens with zero attached hydrogens (tertiary/aromatic N) is 1. The number of carbonyl (C=O) groups excluding carboxylic acids is 1. The van der Waals surface area contributed by atoms with E-state index < -0.39 is 5.97 Å². The number of carboxylic acids is 1. The summed E-state index contributed by atoms with van der Waals surface area (Å²) in [7, 11) is 0. The molecule has 1 heterocycles. The summed E-state index contributed by atoms with van der Waals surface area (Å²) in [6.45, 7) is 1.34. The molecule has 0 unspecified atom stereocenters. The lowest BCUT2D eigenvalue weighted by Crippen LogP contribution is -2.00. The molecule has 1 N–H and O–H groups in total. The van der Waals surface area contributed by atoms with Crippen LogP contribution < -0.4 is 4.74 Å². The second kappa shape index (κ2) is 7.68. The zero-order valence-corrected chi connectivity index (χ0v) is 15.3. The van der Waals surface area contributed by atoms with Crippen molar-refractivity contribution >= 4 is 34.9 Å².